The van der Waals surface area contributed by atoms with Gasteiger partial charge in [0.1, 0.15) is 0 Å². The predicted octanol–water partition coefficient (Wildman–Crippen LogP) is 4.11. The van der Waals surface area contributed by atoms with Crippen molar-refractivity contribution >= 4 is 49.8 Å². The third-order valence-corrected chi connectivity index (χ3v) is 3.41. The first-order chi connectivity index (χ1) is 9.47. The van der Waals surface area contributed by atoms with Gasteiger partial charge in [-0.1, -0.05) is 29.3 Å². The van der Waals surface area contributed by atoms with Crippen LogP contribution in [0.4, 0.5) is 0 Å². The maximum absolute atomic E-state index is 10.3. The molecule has 0 N–H and O–H groups in total. The molecule has 104 valence electrons. The van der Waals surface area contributed by atoms with E-state index in [-0.39, 0.29) is 6.01 Å². The fourth-order valence-electron chi connectivity index (χ4n) is 1.41. The SMILES string of the molecule is O=[N+]([O-])Oc1nccn1/C=C(/Br)c1ccc(Cl)cc1Cl. The Hall–Kier alpha value is -1.57. The topological polar surface area (TPSA) is 70.2 Å². The van der Waals surface area contributed by atoms with Crippen molar-refractivity contribution in [3.63, 3.8) is 0 Å². The molecule has 1 aromatic carbocycles. The van der Waals surface area contributed by atoms with Crippen LogP contribution in [0, 0.1) is 10.1 Å². The summed E-state index contributed by atoms with van der Waals surface area (Å²) in [6.45, 7) is 0. The number of nitrogens with zero attached hydrogens (tertiary/aromatic N) is 3. The second-order valence-corrected chi connectivity index (χ2v) is 5.23. The van der Waals surface area contributed by atoms with Gasteiger partial charge >= 0.3 is 5.09 Å². The molecule has 0 fully saturated rings. The largest absolute Gasteiger partial charge is 0.302 e. The third-order valence-electron chi connectivity index (χ3n) is 2.23. The lowest BCUT2D eigenvalue weighted by Crippen LogP contribution is -2.07. The van der Waals surface area contributed by atoms with E-state index in [9.17, 15) is 10.1 Å². The van der Waals surface area contributed by atoms with E-state index in [4.69, 9.17) is 23.2 Å². The van der Waals surface area contributed by atoms with Crippen LogP contribution < -0.4 is 4.84 Å². The van der Waals surface area contributed by atoms with Gasteiger partial charge in [0.15, 0.2) is 0 Å². The predicted molar refractivity (Wildman–Crippen MR) is 79.4 cm³/mol. The molecule has 0 aliphatic heterocycles. The standard InChI is InChI=1S/C11H6BrCl2N3O3/c12-9(8-2-1-7(13)5-10(8)14)6-16-4-3-15-11(16)20-17(18)19/h1-6H/b9-6+. The van der Waals surface area contributed by atoms with Crippen LogP contribution >= 0.6 is 39.1 Å². The van der Waals surface area contributed by atoms with Crippen molar-refractivity contribution in [1.29, 1.82) is 0 Å². The summed E-state index contributed by atoms with van der Waals surface area (Å²) in [5.41, 5.74) is 0.678. The van der Waals surface area contributed by atoms with Gasteiger partial charge in [-0.25, -0.2) is 9.82 Å². The third kappa shape index (κ3) is 3.50. The summed E-state index contributed by atoms with van der Waals surface area (Å²) >= 11 is 15.2. The first-order valence-corrected chi connectivity index (χ1v) is 6.70. The molecular formula is C11H6BrCl2N3O3. The van der Waals surface area contributed by atoms with Gasteiger partial charge in [0.2, 0.25) is 0 Å². The van der Waals surface area contributed by atoms with Gasteiger partial charge in [0, 0.05) is 33.7 Å². The maximum Gasteiger partial charge on any atom is 0.302 e. The van der Waals surface area contributed by atoms with E-state index in [1.165, 1.54) is 17.0 Å². The van der Waals surface area contributed by atoms with Gasteiger partial charge < -0.3 is 0 Å². The minimum atomic E-state index is -0.935. The molecule has 0 unspecified atom stereocenters. The van der Waals surface area contributed by atoms with Crippen LogP contribution in [-0.4, -0.2) is 14.6 Å². The second-order valence-electron chi connectivity index (χ2n) is 3.53. The van der Waals surface area contributed by atoms with Gasteiger partial charge in [-0.15, -0.1) is 10.1 Å². The molecule has 20 heavy (non-hydrogen) atoms. The van der Waals surface area contributed by atoms with E-state index >= 15 is 0 Å². The smallest absolute Gasteiger partial charge is 0.287 e. The Morgan fingerprint density at radius 3 is 2.90 bits per heavy atom. The van der Waals surface area contributed by atoms with Crippen LogP contribution in [0.25, 0.3) is 10.7 Å². The number of hydrogen-bond donors (Lipinski definition) is 0. The molecule has 0 amide bonds. The van der Waals surface area contributed by atoms with E-state index in [1.54, 1.807) is 24.4 Å². The van der Waals surface area contributed by atoms with Crippen molar-refractivity contribution in [3.8, 4) is 6.01 Å². The van der Waals surface area contributed by atoms with Gasteiger partial charge in [0.05, 0.1) is 5.02 Å². The summed E-state index contributed by atoms with van der Waals surface area (Å²) < 4.78 is 1.93. The second kappa shape index (κ2) is 6.25. The van der Waals surface area contributed by atoms with Crippen LogP contribution in [0.15, 0.2) is 30.6 Å². The fourth-order valence-corrected chi connectivity index (χ4v) is 2.60. The Kier molecular flexibility index (Phi) is 4.64. The first-order valence-electron chi connectivity index (χ1n) is 5.15. The zero-order valence-electron chi connectivity index (χ0n) is 9.66. The van der Waals surface area contributed by atoms with Crippen LogP contribution in [0.5, 0.6) is 6.01 Å². The van der Waals surface area contributed by atoms with Gasteiger partial charge in [-0.3, -0.25) is 4.57 Å². The molecule has 0 spiro atoms. The zero-order chi connectivity index (χ0) is 14.7. The summed E-state index contributed by atoms with van der Waals surface area (Å²) in [6.07, 6.45) is 4.42. The lowest BCUT2D eigenvalue weighted by Gasteiger charge is -2.05. The molecule has 1 aromatic heterocycles. The van der Waals surface area contributed by atoms with E-state index in [0.29, 0.717) is 20.1 Å². The van der Waals surface area contributed by atoms with E-state index in [0.717, 1.165) is 0 Å². The Morgan fingerprint density at radius 2 is 2.25 bits per heavy atom. The van der Waals surface area contributed by atoms with Gasteiger partial charge in [0.25, 0.3) is 6.01 Å². The lowest BCUT2D eigenvalue weighted by atomic mass is 10.2. The highest BCUT2D eigenvalue weighted by Gasteiger charge is 2.09. The number of halogens is 3. The van der Waals surface area contributed by atoms with E-state index in [1.807, 2.05) is 0 Å². The number of benzene rings is 1. The number of rotatable bonds is 4. The molecule has 6 nitrogen and oxygen atoms in total. The van der Waals surface area contributed by atoms with Crippen LogP contribution in [0.2, 0.25) is 10.0 Å². The minimum Gasteiger partial charge on any atom is -0.287 e. The van der Waals surface area contributed by atoms with Crippen molar-refractivity contribution in [2.45, 2.75) is 0 Å². The van der Waals surface area contributed by atoms with Crippen LogP contribution in [0.3, 0.4) is 0 Å². The van der Waals surface area contributed by atoms with Crippen molar-refractivity contribution < 1.29 is 9.92 Å². The monoisotopic (exact) mass is 377 g/mol. The summed E-state index contributed by atoms with van der Waals surface area (Å²) in [7, 11) is 0. The number of aromatic nitrogens is 2. The number of imidazole rings is 1. The molecule has 0 aliphatic carbocycles. The van der Waals surface area contributed by atoms with Gasteiger partial charge in [-0.05, 0) is 28.1 Å². The quantitative estimate of drug-likeness (QED) is 0.592. The average molecular weight is 379 g/mol. The first kappa shape index (κ1) is 14.8. The molecule has 2 aromatic rings. The highest BCUT2D eigenvalue weighted by atomic mass is 79.9. The molecule has 0 atom stereocenters. The highest BCUT2D eigenvalue weighted by molar-refractivity contribution is 9.15. The van der Waals surface area contributed by atoms with Crippen LogP contribution in [-0.2, 0) is 0 Å². The summed E-state index contributed by atoms with van der Waals surface area (Å²) in [5.74, 6) is 0. The number of hydrogen-bond acceptors (Lipinski definition) is 4. The summed E-state index contributed by atoms with van der Waals surface area (Å²) in [6, 6.07) is 4.82. The van der Waals surface area contributed by atoms with Crippen molar-refractivity contribution in [3.05, 3.63) is 56.3 Å². The molecule has 9 heteroatoms. The Labute approximate surface area is 131 Å². The summed E-state index contributed by atoms with van der Waals surface area (Å²) in [4.78, 5) is 18.4. The normalized spacial score (nSPS) is 11.4. The molecule has 2 rings (SSSR count). The van der Waals surface area contributed by atoms with Crippen LogP contribution in [0.1, 0.15) is 5.56 Å². The Morgan fingerprint density at radius 1 is 1.50 bits per heavy atom. The molecule has 1 heterocycles. The Balaban J connectivity index is 2.35. The zero-order valence-corrected chi connectivity index (χ0v) is 12.8. The fraction of sp³-hybridized carbons (Fsp3) is 0. The molecular weight excluding hydrogens is 373 g/mol. The minimum absolute atomic E-state index is 0.169. The van der Waals surface area contributed by atoms with Crippen molar-refractivity contribution in [1.82, 2.24) is 9.55 Å². The molecule has 0 saturated carbocycles. The van der Waals surface area contributed by atoms with E-state index in [2.05, 4.69) is 25.8 Å². The highest BCUT2D eigenvalue weighted by Crippen LogP contribution is 2.31. The molecule has 0 saturated heterocycles. The lowest BCUT2D eigenvalue weighted by molar-refractivity contribution is -0.713. The van der Waals surface area contributed by atoms with Gasteiger partial charge in [-0.2, -0.15) is 0 Å². The maximum atomic E-state index is 10.3. The van der Waals surface area contributed by atoms with Crippen molar-refractivity contribution in [2.24, 2.45) is 0 Å². The average Bonchev–Trinajstić information content (AvgIpc) is 2.75. The Bertz CT molecular complexity index is 687. The molecule has 0 aliphatic rings. The molecule has 0 radical (unpaired) electrons. The molecule has 0 bridgehead atoms. The summed E-state index contributed by atoms with van der Waals surface area (Å²) in [5, 5.41) is 10.3. The van der Waals surface area contributed by atoms with Crippen molar-refractivity contribution in [2.75, 3.05) is 0 Å². The van der Waals surface area contributed by atoms with E-state index < -0.39 is 5.09 Å².